The van der Waals surface area contributed by atoms with E-state index < -0.39 is 5.97 Å². The SMILES string of the molecule is COc1cc2ccccc2cc1C(=O)OCC(=O)N(C)C1CCCCC1. The zero-order chi connectivity index (χ0) is 18.5. The van der Waals surface area contributed by atoms with Gasteiger partial charge in [-0.2, -0.15) is 0 Å². The largest absolute Gasteiger partial charge is 0.496 e. The molecule has 26 heavy (non-hydrogen) atoms. The zero-order valence-electron chi connectivity index (χ0n) is 15.4. The number of carbonyl (C=O) groups excluding carboxylic acids is 2. The quantitative estimate of drug-likeness (QED) is 0.766. The molecule has 1 fully saturated rings. The second kappa shape index (κ2) is 8.21. The van der Waals surface area contributed by atoms with Crippen molar-refractivity contribution in [2.45, 2.75) is 38.1 Å². The third kappa shape index (κ3) is 3.98. The Hall–Kier alpha value is -2.56. The number of hydrogen-bond donors (Lipinski definition) is 0. The van der Waals surface area contributed by atoms with Gasteiger partial charge in [-0.3, -0.25) is 4.79 Å². The van der Waals surface area contributed by atoms with Crippen LogP contribution < -0.4 is 4.74 Å². The third-order valence-electron chi connectivity index (χ3n) is 5.13. The minimum absolute atomic E-state index is 0.162. The summed E-state index contributed by atoms with van der Waals surface area (Å²) in [6, 6.07) is 11.5. The Labute approximate surface area is 153 Å². The van der Waals surface area contributed by atoms with Gasteiger partial charge in [0.1, 0.15) is 11.3 Å². The molecule has 1 saturated carbocycles. The molecule has 138 valence electrons. The maximum atomic E-state index is 12.5. The molecule has 0 spiro atoms. The molecular weight excluding hydrogens is 330 g/mol. The molecule has 1 amide bonds. The molecule has 0 saturated heterocycles. The summed E-state index contributed by atoms with van der Waals surface area (Å²) >= 11 is 0. The first kappa shape index (κ1) is 18.2. The Bertz CT molecular complexity index is 796. The normalized spacial score (nSPS) is 14.8. The lowest BCUT2D eigenvalue weighted by molar-refractivity contribution is -0.135. The van der Waals surface area contributed by atoms with Gasteiger partial charge in [-0.1, -0.05) is 43.5 Å². The van der Waals surface area contributed by atoms with Crippen LogP contribution in [0.2, 0.25) is 0 Å². The molecule has 0 unspecified atom stereocenters. The zero-order valence-corrected chi connectivity index (χ0v) is 15.4. The lowest BCUT2D eigenvalue weighted by Crippen LogP contribution is -2.40. The van der Waals surface area contributed by atoms with Gasteiger partial charge >= 0.3 is 5.97 Å². The van der Waals surface area contributed by atoms with Crippen LogP contribution in [0.4, 0.5) is 0 Å². The molecule has 0 heterocycles. The highest BCUT2D eigenvalue weighted by atomic mass is 16.5. The molecule has 3 rings (SSSR count). The fourth-order valence-corrected chi connectivity index (χ4v) is 3.53. The van der Waals surface area contributed by atoms with E-state index >= 15 is 0 Å². The van der Waals surface area contributed by atoms with Gasteiger partial charge in [0, 0.05) is 13.1 Å². The maximum absolute atomic E-state index is 12.5. The van der Waals surface area contributed by atoms with Crippen molar-refractivity contribution in [2.24, 2.45) is 0 Å². The van der Waals surface area contributed by atoms with Crippen molar-refractivity contribution in [1.29, 1.82) is 0 Å². The van der Waals surface area contributed by atoms with Gasteiger partial charge in [0.05, 0.1) is 7.11 Å². The first-order chi connectivity index (χ1) is 12.6. The summed E-state index contributed by atoms with van der Waals surface area (Å²) in [6.45, 7) is -0.248. The van der Waals surface area contributed by atoms with Crippen LogP contribution in [0, 0.1) is 0 Å². The van der Waals surface area contributed by atoms with E-state index in [0.717, 1.165) is 36.5 Å². The summed E-state index contributed by atoms with van der Waals surface area (Å²) < 4.78 is 10.6. The van der Waals surface area contributed by atoms with Crippen LogP contribution in [0.15, 0.2) is 36.4 Å². The molecule has 2 aromatic rings. The highest BCUT2D eigenvalue weighted by molar-refractivity contribution is 5.99. The second-order valence-electron chi connectivity index (χ2n) is 6.77. The lowest BCUT2D eigenvalue weighted by Gasteiger charge is -2.31. The molecule has 5 nitrogen and oxygen atoms in total. The summed E-state index contributed by atoms with van der Waals surface area (Å²) in [6.07, 6.45) is 5.57. The van der Waals surface area contributed by atoms with E-state index in [1.807, 2.05) is 30.3 Å². The van der Waals surface area contributed by atoms with Gasteiger partial charge in [0.2, 0.25) is 0 Å². The van der Waals surface area contributed by atoms with Crippen LogP contribution in [0.5, 0.6) is 5.75 Å². The number of carbonyl (C=O) groups is 2. The number of ether oxygens (including phenoxy) is 2. The Morgan fingerprint density at radius 1 is 1.08 bits per heavy atom. The van der Waals surface area contributed by atoms with E-state index in [-0.39, 0.29) is 18.6 Å². The van der Waals surface area contributed by atoms with Gasteiger partial charge in [0.25, 0.3) is 5.91 Å². The molecule has 0 aliphatic heterocycles. The van der Waals surface area contributed by atoms with Crippen LogP contribution >= 0.6 is 0 Å². The smallest absolute Gasteiger partial charge is 0.342 e. The Morgan fingerprint density at radius 3 is 2.38 bits per heavy atom. The van der Waals surface area contributed by atoms with Crippen molar-refractivity contribution in [3.05, 3.63) is 42.0 Å². The summed E-state index contributed by atoms with van der Waals surface area (Å²) in [5.74, 6) is -0.259. The Balaban J connectivity index is 1.67. The number of rotatable bonds is 5. The van der Waals surface area contributed by atoms with Crippen LogP contribution in [0.3, 0.4) is 0 Å². The number of amides is 1. The van der Waals surface area contributed by atoms with Crippen LogP contribution in [0.25, 0.3) is 10.8 Å². The number of fused-ring (bicyclic) bond motifs is 1. The molecule has 0 aromatic heterocycles. The topological polar surface area (TPSA) is 55.8 Å². The van der Waals surface area contributed by atoms with Gasteiger partial charge in [-0.25, -0.2) is 4.79 Å². The van der Waals surface area contributed by atoms with Crippen molar-refractivity contribution in [1.82, 2.24) is 4.90 Å². The molecule has 0 bridgehead atoms. The number of methoxy groups -OCH3 is 1. The molecule has 0 atom stereocenters. The summed E-state index contributed by atoms with van der Waals surface area (Å²) in [4.78, 5) is 26.6. The van der Waals surface area contributed by atoms with Crippen molar-refractivity contribution in [2.75, 3.05) is 20.8 Å². The van der Waals surface area contributed by atoms with Crippen LogP contribution in [-0.4, -0.2) is 43.6 Å². The van der Waals surface area contributed by atoms with Gasteiger partial charge in [0.15, 0.2) is 6.61 Å². The lowest BCUT2D eigenvalue weighted by atomic mass is 9.94. The second-order valence-corrected chi connectivity index (χ2v) is 6.77. The fourth-order valence-electron chi connectivity index (χ4n) is 3.53. The van der Waals surface area contributed by atoms with Crippen LogP contribution in [-0.2, 0) is 9.53 Å². The summed E-state index contributed by atoms with van der Waals surface area (Å²) in [5, 5.41) is 1.90. The number of nitrogens with zero attached hydrogens (tertiary/aromatic N) is 1. The van der Waals surface area contributed by atoms with Gasteiger partial charge in [-0.05, 0) is 35.7 Å². The molecular formula is C21H25NO4. The number of likely N-dealkylation sites (N-methyl/N-ethyl adjacent to an activating group) is 1. The highest BCUT2D eigenvalue weighted by Gasteiger charge is 2.23. The average Bonchev–Trinajstić information content (AvgIpc) is 2.70. The molecule has 1 aliphatic rings. The first-order valence-electron chi connectivity index (χ1n) is 9.09. The predicted molar refractivity (Wildman–Crippen MR) is 100 cm³/mol. The Morgan fingerprint density at radius 2 is 1.73 bits per heavy atom. The predicted octanol–water partition coefficient (Wildman–Crippen LogP) is 3.80. The monoisotopic (exact) mass is 355 g/mol. The van der Waals surface area contributed by atoms with Crippen LogP contribution in [0.1, 0.15) is 42.5 Å². The number of esters is 1. The first-order valence-corrected chi connectivity index (χ1v) is 9.09. The minimum atomic E-state index is -0.544. The van der Waals surface area contributed by atoms with Gasteiger partial charge < -0.3 is 14.4 Å². The standard InChI is InChI=1S/C21H25NO4/c1-22(17-10-4-3-5-11-17)20(23)14-26-21(24)18-12-15-8-6-7-9-16(15)13-19(18)25-2/h6-9,12-13,17H,3-5,10-11,14H2,1-2H3. The van der Waals surface area contributed by atoms with E-state index in [9.17, 15) is 9.59 Å². The van der Waals surface area contributed by atoms with E-state index in [2.05, 4.69) is 0 Å². The maximum Gasteiger partial charge on any atom is 0.342 e. The van der Waals surface area contributed by atoms with Crippen molar-refractivity contribution in [3.63, 3.8) is 0 Å². The van der Waals surface area contributed by atoms with Crippen molar-refractivity contribution >= 4 is 22.6 Å². The Kier molecular flexibility index (Phi) is 5.76. The molecule has 0 N–H and O–H groups in total. The van der Waals surface area contributed by atoms with Crippen molar-refractivity contribution < 1.29 is 19.1 Å². The van der Waals surface area contributed by atoms with Crippen molar-refractivity contribution in [3.8, 4) is 5.75 Å². The number of benzene rings is 2. The summed E-state index contributed by atoms with van der Waals surface area (Å²) in [5.41, 5.74) is 0.333. The highest BCUT2D eigenvalue weighted by Crippen LogP contribution is 2.27. The minimum Gasteiger partial charge on any atom is -0.496 e. The molecule has 5 heteroatoms. The van der Waals surface area contributed by atoms with E-state index in [4.69, 9.17) is 9.47 Å². The molecule has 0 radical (unpaired) electrons. The van der Waals surface area contributed by atoms with E-state index in [0.29, 0.717) is 11.3 Å². The number of hydrogen-bond acceptors (Lipinski definition) is 4. The molecule has 2 aromatic carbocycles. The third-order valence-corrected chi connectivity index (χ3v) is 5.13. The molecule has 1 aliphatic carbocycles. The summed E-state index contributed by atoms with van der Waals surface area (Å²) in [7, 11) is 3.31. The fraction of sp³-hybridized carbons (Fsp3) is 0.429. The average molecular weight is 355 g/mol. The van der Waals surface area contributed by atoms with E-state index in [1.54, 1.807) is 18.0 Å². The van der Waals surface area contributed by atoms with E-state index in [1.165, 1.54) is 13.5 Å². The van der Waals surface area contributed by atoms with Gasteiger partial charge in [-0.15, -0.1) is 0 Å².